The van der Waals surface area contributed by atoms with Gasteiger partial charge in [0.2, 0.25) is 0 Å². The van der Waals surface area contributed by atoms with E-state index >= 15 is 0 Å². The van der Waals surface area contributed by atoms with Gasteiger partial charge in [-0.3, -0.25) is 9.59 Å². The van der Waals surface area contributed by atoms with Crippen molar-refractivity contribution in [3.8, 4) is 0 Å². The van der Waals surface area contributed by atoms with E-state index in [1.165, 1.54) is 26.3 Å². The Kier molecular flexibility index (Phi) is 4.62. The molecule has 1 aromatic rings. The van der Waals surface area contributed by atoms with Gasteiger partial charge >= 0.3 is 5.97 Å². The highest BCUT2D eigenvalue weighted by atomic mass is 79.9. The number of hydrogen-bond donors (Lipinski definition) is 0. The Balaban J connectivity index is 2.85. The molecule has 0 radical (unpaired) electrons. The summed E-state index contributed by atoms with van der Waals surface area (Å²) in [6, 6.07) is 4.11. The second kappa shape index (κ2) is 5.77. The van der Waals surface area contributed by atoms with Crippen LogP contribution >= 0.6 is 15.9 Å². The van der Waals surface area contributed by atoms with Crippen molar-refractivity contribution in [3.63, 3.8) is 0 Å². The number of methoxy groups -OCH3 is 1. The lowest BCUT2D eigenvalue weighted by atomic mass is 10.2. The highest BCUT2D eigenvalue weighted by molar-refractivity contribution is 9.10. The number of benzene rings is 1. The third-order valence-electron chi connectivity index (χ3n) is 2.10. The molecule has 4 nitrogen and oxygen atoms in total. The molecule has 1 amide bonds. The van der Waals surface area contributed by atoms with Gasteiger partial charge in [0.1, 0.15) is 12.4 Å². The third kappa shape index (κ3) is 3.52. The first-order valence-corrected chi connectivity index (χ1v) is 5.52. The maximum atomic E-state index is 13.5. The summed E-state index contributed by atoms with van der Waals surface area (Å²) in [7, 11) is 2.63. The van der Waals surface area contributed by atoms with Crippen molar-refractivity contribution < 1.29 is 18.7 Å². The molecule has 0 spiro atoms. The summed E-state index contributed by atoms with van der Waals surface area (Å²) in [6.45, 7) is -0.217. The van der Waals surface area contributed by atoms with Crippen LogP contribution in [-0.4, -0.2) is 37.5 Å². The van der Waals surface area contributed by atoms with Crippen LogP contribution in [0.4, 0.5) is 4.39 Å². The predicted molar refractivity (Wildman–Crippen MR) is 63.1 cm³/mol. The number of nitrogens with zero attached hydrogens (tertiary/aromatic N) is 1. The average molecular weight is 304 g/mol. The van der Waals surface area contributed by atoms with Gasteiger partial charge in [-0.05, 0) is 18.2 Å². The molecule has 1 rings (SSSR count). The summed E-state index contributed by atoms with van der Waals surface area (Å²) in [6.07, 6.45) is 0. The number of hydrogen-bond acceptors (Lipinski definition) is 3. The molecule has 0 saturated carbocycles. The Morgan fingerprint density at radius 3 is 2.65 bits per heavy atom. The zero-order chi connectivity index (χ0) is 13.0. The van der Waals surface area contributed by atoms with Crippen LogP contribution < -0.4 is 0 Å². The Morgan fingerprint density at radius 2 is 2.12 bits per heavy atom. The lowest BCUT2D eigenvalue weighted by Gasteiger charge is -2.15. The van der Waals surface area contributed by atoms with E-state index in [0.29, 0.717) is 4.47 Å². The summed E-state index contributed by atoms with van der Waals surface area (Å²) in [5, 5.41) is 0. The van der Waals surface area contributed by atoms with Crippen molar-refractivity contribution in [2.24, 2.45) is 0 Å². The number of esters is 1. The van der Waals surface area contributed by atoms with Crippen LogP contribution in [0.5, 0.6) is 0 Å². The monoisotopic (exact) mass is 303 g/mol. The first kappa shape index (κ1) is 13.6. The fourth-order valence-corrected chi connectivity index (χ4v) is 1.53. The minimum absolute atomic E-state index is 0.0837. The van der Waals surface area contributed by atoms with Crippen LogP contribution in [-0.2, 0) is 9.53 Å². The Labute approximate surface area is 106 Å². The second-order valence-corrected chi connectivity index (χ2v) is 4.28. The fraction of sp³-hybridized carbons (Fsp3) is 0.273. The number of amides is 1. The molecule has 0 bridgehead atoms. The SMILES string of the molecule is COC(=O)CN(C)C(=O)c1ccc(Br)cc1F. The molecule has 0 aromatic heterocycles. The molecule has 0 aliphatic rings. The lowest BCUT2D eigenvalue weighted by molar-refractivity contribution is -0.141. The first-order chi connectivity index (χ1) is 7.95. The molecule has 0 heterocycles. The van der Waals surface area contributed by atoms with E-state index in [2.05, 4.69) is 20.7 Å². The third-order valence-corrected chi connectivity index (χ3v) is 2.60. The summed E-state index contributed by atoms with van der Waals surface area (Å²) < 4.78 is 18.5. The lowest BCUT2D eigenvalue weighted by Crippen LogP contribution is -2.33. The summed E-state index contributed by atoms with van der Waals surface area (Å²) in [5.41, 5.74) is -0.0837. The summed E-state index contributed by atoms with van der Waals surface area (Å²) >= 11 is 3.09. The summed E-state index contributed by atoms with van der Waals surface area (Å²) in [4.78, 5) is 23.9. The quantitative estimate of drug-likeness (QED) is 0.801. The van der Waals surface area contributed by atoms with E-state index in [4.69, 9.17) is 0 Å². The van der Waals surface area contributed by atoms with E-state index in [9.17, 15) is 14.0 Å². The van der Waals surface area contributed by atoms with E-state index in [1.54, 1.807) is 6.07 Å². The molecule has 6 heteroatoms. The van der Waals surface area contributed by atoms with Crippen LogP contribution in [0.1, 0.15) is 10.4 Å². The minimum atomic E-state index is -0.638. The molecule has 0 aliphatic heterocycles. The smallest absolute Gasteiger partial charge is 0.325 e. The molecule has 0 fully saturated rings. The topological polar surface area (TPSA) is 46.6 Å². The highest BCUT2D eigenvalue weighted by Gasteiger charge is 2.18. The van der Waals surface area contributed by atoms with Crippen molar-refractivity contribution >= 4 is 27.8 Å². The molecular formula is C11H11BrFNO3. The van der Waals surface area contributed by atoms with Crippen LogP contribution in [0.15, 0.2) is 22.7 Å². The van der Waals surface area contributed by atoms with E-state index in [-0.39, 0.29) is 12.1 Å². The van der Waals surface area contributed by atoms with Crippen molar-refractivity contribution in [2.45, 2.75) is 0 Å². The van der Waals surface area contributed by atoms with Gasteiger partial charge in [0.15, 0.2) is 0 Å². The summed E-state index contributed by atoms with van der Waals surface area (Å²) in [5.74, 6) is -1.76. The van der Waals surface area contributed by atoms with Crippen molar-refractivity contribution in [1.82, 2.24) is 4.90 Å². The van der Waals surface area contributed by atoms with Crippen molar-refractivity contribution in [2.75, 3.05) is 20.7 Å². The normalized spacial score (nSPS) is 9.88. The van der Waals surface area contributed by atoms with Gasteiger partial charge in [-0.1, -0.05) is 15.9 Å². The van der Waals surface area contributed by atoms with E-state index in [0.717, 1.165) is 4.90 Å². The molecule has 0 unspecified atom stereocenters. The maximum absolute atomic E-state index is 13.5. The largest absolute Gasteiger partial charge is 0.468 e. The van der Waals surface area contributed by atoms with Gasteiger partial charge in [-0.2, -0.15) is 0 Å². The van der Waals surface area contributed by atoms with Crippen molar-refractivity contribution in [1.29, 1.82) is 0 Å². The van der Waals surface area contributed by atoms with Gasteiger partial charge in [-0.15, -0.1) is 0 Å². The number of rotatable bonds is 3. The molecule has 0 atom stereocenters. The van der Waals surface area contributed by atoms with Gasteiger partial charge in [0.05, 0.1) is 12.7 Å². The van der Waals surface area contributed by atoms with Gasteiger partial charge in [-0.25, -0.2) is 4.39 Å². The second-order valence-electron chi connectivity index (χ2n) is 3.36. The molecule has 0 N–H and O–H groups in total. The highest BCUT2D eigenvalue weighted by Crippen LogP contribution is 2.16. The minimum Gasteiger partial charge on any atom is -0.468 e. The fourth-order valence-electron chi connectivity index (χ4n) is 1.20. The first-order valence-electron chi connectivity index (χ1n) is 4.73. The number of carbonyl (C=O) groups excluding carboxylic acids is 2. The molecular weight excluding hydrogens is 293 g/mol. The van der Waals surface area contributed by atoms with E-state index in [1.807, 2.05) is 0 Å². The predicted octanol–water partition coefficient (Wildman–Crippen LogP) is 1.83. The number of ether oxygens (including phenoxy) is 1. The zero-order valence-corrected chi connectivity index (χ0v) is 11.0. The standard InChI is InChI=1S/C11H11BrFNO3/c1-14(6-10(15)17-2)11(16)8-4-3-7(12)5-9(8)13/h3-5H,6H2,1-2H3. The molecule has 92 valence electrons. The van der Waals surface area contributed by atoms with Crippen LogP contribution in [0, 0.1) is 5.82 Å². The van der Waals surface area contributed by atoms with Crippen molar-refractivity contribution in [3.05, 3.63) is 34.1 Å². The zero-order valence-electron chi connectivity index (χ0n) is 9.37. The molecule has 0 saturated heterocycles. The number of likely N-dealkylation sites (N-methyl/N-ethyl adjacent to an activating group) is 1. The van der Waals surface area contributed by atoms with Crippen LogP contribution in [0.3, 0.4) is 0 Å². The van der Waals surface area contributed by atoms with Crippen LogP contribution in [0.25, 0.3) is 0 Å². The maximum Gasteiger partial charge on any atom is 0.325 e. The molecule has 17 heavy (non-hydrogen) atoms. The number of carbonyl (C=O) groups is 2. The van der Waals surface area contributed by atoms with Gasteiger partial charge in [0.25, 0.3) is 5.91 Å². The Bertz CT molecular complexity index is 450. The van der Waals surface area contributed by atoms with Crippen LogP contribution in [0.2, 0.25) is 0 Å². The molecule has 0 aliphatic carbocycles. The average Bonchev–Trinajstić information content (AvgIpc) is 2.28. The number of halogens is 2. The van der Waals surface area contributed by atoms with Gasteiger partial charge in [0, 0.05) is 11.5 Å². The molecule has 1 aromatic carbocycles. The van der Waals surface area contributed by atoms with Gasteiger partial charge < -0.3 is 9.64 Å². The Morgan fingerprint density at radius 1 is 1.47 bits per heavy atom. The Hall–Kier alpha value is -1.43. The van der Waals surface area contributed by atoms with E-state index < -0.39 is 17.7 Å².